The molecule has 1 aromatic rings. The largest absolute Gasteiger partial charge is 0.392 e. The quantitative estimate of drug-likeness (QED) is 0.791. The molecular weight excluding hydrogens is 186 g/mol. The monoisotopic (exact) mass is 198 g/mol. The van der Waals surface area contributed by atoms with E-state index in [-0.39, 0.29) is 12.2 Å². The van der Waals surface area contributed by atoms with Crippen LogP contribution in [0.25, 0.3) is 6.08 Å². The maximum absolute atomic E-state index is 13.1. The molecule has 0 atom stereocenters. The SMILES string of the molecule is CC/C(=C/c1cc(F)ccc1F)CO. The average Bonchev–Trinajstić information content (AvgIpc) is 2.19. The van der Waals surface area contributed by atoms with Crippen molar-refractivity contribution in [3.05, 3.63) is 41.0 Å². The molecule has 0 heterocycles. The van der Waals surface area contributed by atoms with Gasteiger partial charge in [-0.1, -0.05) is 13.0 Å². The molecule has 0 aromatic heterocycles. The predicted molar refractivity (Wildman–Crippen MR) is 51.7 cm³/mol. The van der Waals surface area contributed by atoms with Gasteiger partial charge in [-0.2, -0.15) is 0 Å². The normalized spacial score (nSPS) is 11.9. The predicted octanol–water partition coefficient (Wildman–Crippen LogP) is 2.75. The molecular formula is C11H12F2O. The minimum Gasteiger partial charge on any atom is -0.392 e. The Kier molecular flexibility index (Phi) is 3.77. The van der Waals surface area contributed by atoms with Crippen LogP contribution in [0.4, 0.5) is 8.78 Å². The highest BCUT2D eigenvalue weighted by molar-refractivity contribution is 5.53. The van der Waals surface area contributed by atoms with Gasteiger partial charge in [-0.15, -0.1) is 0 Å². The average molecular weight is 198 g/mol. The molecule has 0 spiro atoms. The van der Waals surface area contributed by atoms with Crippen LogP contribution in [-0.4, -0.2) is 11.7 Å². The fraction of sp³-hybridized carbons (Fsp3) is 0.273. The van der Waals surface area contributed by atoms with Crippen molar-refractivity contribution in [2.75, 3.05) is 6.61 Å². The summed E-state index contributed by atoms with van der Waals surface area (Å²) in [7, 11) is 0. The summed E-state index contributed by atoms with van der Waals surface area (Å²) in [6, 6.07) is 3.25. The third-order valence-corrected chi connectivity index (χ3v) is 1.97. The van der Waals surface area contributed by atoms with Crippen LogP contribution >= 0.6 is 0 Å². The lowest BCUT2D eigenvalue weighted by Crippen LogP contribution is -1.91. The van der Waals surface area contributed by atoms with Crippen molar-refractivity contribution < 1.29 is 13.9 Å². The zero-order valence-electron chi connectivity index (χ0n) is 7.93. The minimum absolute atomic E-state index is 0.132. The van der Waals surface area contributed by atoms with Gasteiger partial charge in [0.2, 0.25) is 0 Å². The zero-order chi connectivity index (χ0) is 10.6. The number of hydrogen-bond donors (Lipinski definition) is 1. The Balaban J connectivity index is 3.06. The van der Waals surface area contributed by atoms with Crippen LogP contribution in [0.1, 0.15) is 18.9 Å². The van der Waals surface area contributed by atoms with E-state index in [0.717, 1.165) is 18.2 Å². The lowest BCUT2D eigenvalue weighted by molar-refractivity contribution is 0.329. The fourth-order valence-corrected chi connectivity index (χ4v) is 1.10. The molecule has 1 nitrogen and oxygen atoms in total. The molecule has 0 amide bonds. The summed E-state index contributed by atoms with van der Waals surface area (Å²) < 4.78 is 25.9. The van der Waals surface area contributed by atoms with Gasteiger partial charge in [0, 0.05) is 5.56 Å². The molecule has 0 bridgehead atoms. The maximum Gasteiger partial charge on any atom is 0.130 e. The third kappa shape index (κ3) is 2.64. The Morgan fingerprint density at radius 2 is 2.14 bits per heavy atom. The Morgan fingerprint density at radius 1 is 1.43 bits per heavy atom. The van der Waals surface area contributed by atoms with Crippen LogP contribution < -0.4 is 0 Å². The number of aliphatic hydroxyl groups is 1. The van der Waals surface area contributed by atoms with E-state index in [4.69, 9.17) is 5.11 Å². The lowest BCUT2D eigenvalue weighted by atomic mass is 10.1. The van der Waals surface area contributed by atoms with Crippen molar-refractivity contribution in [3.8, 4) is 0 Å². The van der Waals surface area contributed by atoms with Crippen molar-refractivity contribution in [3.63, 3.8) is 0 Å². The highest BCUT2D eigenvalue weighted by atomic mass is 19.1. The molecule has 0 saturated heterocycles. The first-order chi connectivity index (χ1) is 6.67. The first-order valence-corrected chi connectivity index (χ1v) is 4.42. The summed E-state index contributed by atoms with van der Waals surface area (Å²) in [4.78, 5) is 0. The molecule has 0 fully saturated rings. The van der Waals surface area contributed by atoms with Crippen molar-refractivity contribution >= 4 is 6.08 Å². The molecule has 76 valence electrons. The molecule has 1 rings (SSSR count). The first kappa shape index (κ1) is 10.9. The van der Waals surface area contributed by atoms with Crippen LogP contribution in [0.2, 0.25) is 0 Å². The maximum atomic E-state index is 13.1. The number of hydrogen-bond acceptors (Lipinski definition) is 1. The van der Waals surface area contributed by atoms with Gasteiger partial charge in [0.15, 0.2) is 0 Å². The highest BCUT2D eigenvalue weighted by Gasteiger charge is 2.02. The van der Waals surface area contributed by atoms with Gasteiger partial charge in [-0.05, 0) is 30.2 Å². The van der Waals surface area contributed by atoms with Gasteiger partial charge >= 0.3 is 0 Å². The molecule has 0 aliphatic rings. The fourth-order valence-electron chi connectivity index (χ4n) is 1.10. The smallest absolute Gasteiger partial charge is 0.130 e. The lowest BCUT2D eigenvalue weighted by Gasteiger charge is -2.01. The van der Waals surface area contributed by atoms with E-state index in [1.807, 2.05) is 6.92 Å². The van der Waals surface area contributed by atoms with Crippen LogP contribution in [0.3, 0.4) is 0 Å². The van der Waals surface area contributed by atoms with Gasteiger partial charge in [-0.3, -0.25) is 0 Å². The molecule has 14 heavy (non-hydrogen) atoms. The molecule has 0 aliphatic heterocycles. The topological polar surface area (TPSA) is 20.2 Å². The molecule has 1 aromatic carbocycles. The number of aliphatic hydroxyl groups excluding tert-OH is 1. The minimum atomic E-state index is -0.481. The van der Waals surface area contributed by atoms with Crippen molar-refractivity contribution in [2.45, 2.75) is 13.3 Å². The third-order valence-electron chi connectivity index (χ3n) is 1.97. The molecule has 1 N–H and O–H groups in total. The van der Waals surface area contributed by atoms with E-state index < -0.39 is 11.6 Å². The Labute approximate surface area is 81.7 Å². The second kappa shape index (κ2) is 4.86. The summed E-state index contributed by atoms with van der Waals surface area (Å²) in [5.74, 6) is -0.961. The molecule has 0 unspecified atom stereocenters. The van der Waals surface area contributed by atoms with Gasteiger partial charge in [-0.25, -0.2) is 8.78 Å². The summed E-state index contributed by atoms with van der Waals surface area (Å²) in [6.45, 7) is 1.71. The Morgan fingerprint density at radius 3 is 2.71 bits per heavy atom. The van der Waals surface area contributed by atoms with E-state index in [0.29, 0.717) is 12.0 Å². The first-order valence-electron chi connectivity index (χ1n) is 4.42. The summed E-state index contributed by atoms with van der Waals surface area (Å²) in [5.41, 5.74) is 0.852. The second-order valence-corrected chi connectivity index (χ2v) is 2.98. The number of benzene rings is 1. The van der Waals surface area contributed by atoms with Gasteiger partial charge in [0.05, 0.1) is 6.61 Å². The van der Waals surface area contributed by atoms with E-state index in [1.165, 1.54) is 6.08 Å². The van der Waals surface area contributed by atoms with E-state index in [1.54, 1.807) is 0 Å². The molecule has 0 radical (unpaired) electrons. The molecule has 0 aliphatic carbocycles. The van der Waals surface area contributed by atoms with E-state index in [2.05, 4.69) is 0 Å². The molecule has 3 heteroatoms. The highest BCUT2D eigenvalue weighted by Crippen LogP contribution is 2.14. The summed E-state index contributed by atoms with van der Waals surface area (Å²) in [5, 5.41) is 8.86. The van der Waals surface area contributed by atoms with E-state index >= 15 is 0 Å². The van der Waals surface area contributed by atoms with Crippen LogP contribution in [-0.2, 0) is 0 Å². The second-order valence-electron chi connectivity index (χ2n) is 2.98. The molecule has 0 saturated carbocycles. The zero-order valence-corrected chi connectivity index (χ0v) is 7.93. The summed E-state index contributed by atoms with van der Waals surface area (Å²) >= 11 is 0. The van der Waals surface area contributed by atoms with Crippen molar-refractivity contribution in [1.29, 1.82) is 0 Å². The number of rotatable bonds is 3. The van der Waals surface area contributed by atoms with Crippen molar-refractivity contribution in [1.82, 2.24) is 0 Å². The Bertz CT molecular complexity index is 339. The van der Waals surface area contributed by atoms with Crippen molar-refractivity contribution in [2.24, 2.45) is 0 Å². The van der Waals surface area contributed by atoms with Crippen LogP contribution in [0.5, 0.6) is 0 Å². The van der Waals surface area contributed by atoms with E-state index in [9.17, 15) is 8.78 Å². The van der Waals surface area contributed by atoms with Crippen LogP contribution in [0.15, 0.2) is 23.8 Å². The standard InChI is InChI=1S/C11H12F2O/c1-2-8(7-14)5-9-6-10(12)3-4-11(9)13/h3-6,14H,2,7H2,1H3/b8-5-. The Hall–Kier alpha value is -1.22. The van der Waals surface area contributed by atoms with Gasteiger partial charge in [0.25, 0.3) is 0 Å². The summed E-state index contributed by atoms with van der Waals surface area (Å²) in [6.07, 6.45) is 2.09. The van der Waals surface area contributed by atoms with Gasteiger partial charge < -0.3 is 5.11 Å². The van der Waals surface area contributed by atoms with Crippen LogP contribution in [0, 0.1) is 11.6 Å². The number of halogens is 2. The van der Waals surface area contributed by atoms with Gasteiger partial charge in [0.1, 0.15) is 11.6 Å².